The Morgan fingerprint density at radius 3 is 2.58 bits per heavy atom. The van der Waals surface area contributed by atoms with Crippen LogP contribution in [-0.2, 0) is 23.2 Å². The first-order valence-corrected chi connectivity index (χ1v) is 10.3. The van der Waals surface area contributed by atoms with Gasteiger partial charge in [0.2, 0.25) is 5.88 Å². The minimum absolute atomic E-state index is 0.274. The highest BCUT2D eigenvalue weighted by Gasteiger charge is 2.14. The number of carbonyl (C=O) groups is 1. The summed E-state index contributed by atoms with van der Waals surface area (Å²) in [7, 11) is 1.82. The second-order valence-electron chi connectivity index (χ2n) is 7.04. The number of para-hydroxylation sites is 1. The highest BCUT2D eigenvalue weighted by molar-refractivity contribution is 5.89. The van der Waals surface area contributed by atoms with Crippen LogP contribution in [0.3, 0.4) is 0 Å². The summed E-state index contributed by atoms with van der Waals surface area (Å²) in [5, 5.41) is 8.47. The quantitative estimate of drug-likeness (QED) is 0.199. The van der Waals surface area contributed by atoms with E-state index in [9.17, 15) is 4.79 Å². The molecule has 0 fully saturated rings. The summed E-state index contributed by atoms with van der Waals surface area (Å²) in [6.07, 6.45) is 3.45. The molecule has 3 rings (SSSR count). The molecule has 0 atom stereocenters. The van der Waals surface area contributed by atoms with Gasteiger partial charge in [0.1, 0.15) is 12.4 Å². The maximum absolute atomic E-state index is 11.9. The Hall–Kier alpha value is -3.61. The Kier molecular flexibility index (Phi) is 7.81. The van der Waals surface area contributed by atoms with Gasteiger partial charge in [-0.15, -0.1) is 0 Å². The Morgan fingerprint density at radius 1 is 1.13 bits per heavy atom. The van der Waals surface area contributed by atoms with E-state index in [-0.39, 0.29) is 12.6 Å². The van der Waals surface area contributed by atoms with Crippen LogP contribution in [0.1, 0.15) is 46.9 Å². The molecule has 7 nitrogen and oxygen atoms in total. The zero-order valence-electron chi connectivity index (χ0n) is 18.1. The Morgan fingerprint density at radius 2 is 1.87 bits per heavy atom. The van der Waals surface area contributed by atoms with Crippen LogP contribution in [0, 0.1) is 6.92 Å². The fourth-order valence-corrected chi connectivity index (χ4v) is 2.85. The number of nitrogens with zero attached hydrogens (tertiary/aromatic N) is 3. The summed E-state index contributed by atoms with van der Waals surface area (Å²) in [5.74, 6) is 0.994. The molecular weight excluding hydrogens is 394 g/mol. The molecule has 0 N–H and O–H groups in total. The molecule has 1 aromatic heterocycles. The van der Waals surface area contributed by atoms with Crippen LogP contribution in [-0.4, -0.2) is 28.6 Å². The number of benzene rings is 2. The maximum Gasteiger partial charge on any atom is 0.338 e. The fraction of sp³-hybridized carbons (Fsp3) is 0.292. The summed E-state index contributed by atoms with van der Waals surface area (Å²) in [5.41, 5.74) is 2.95. The summed E-state index contributed by atoms with van der Waals surface area (Å²) in [6.45, 7) is 4.66. The van der Waals surface area contributed by atoms with Gasteiger partial charge < -0.3 is 14.3 Å². The molecule has 7 heteroatoms. The minimum Gasteiger partial charge on any atom is -0.462 e. The van der Waals surface area contributed by atoms with Crippen molar-refractivity contribution in [3.05, 3.63) is 77.0 Å². The number of esters is 1. The van der Waals surface area contributed by atoms with Gasteiger partial charge in [-0.3, -0.25) is 0 Å². The number of rotatable bonds is 10. The van der Waals surface area contributed by atoms with Crippen molar-refractivity contribution >= 4 is 12.2 Å². The number of carbonyl (C=O) groups excluding carboxylic acids is 1. The standard InChI is InChI=1S/C24H27N3O4/c1-4-5-15-29-24(28)20-13-11-19(12-14-20)17-30-25-16-22-18(2)26-27(3)23(22)31-21-9-7-6-8-10-21/h6-14,16H,4-5,15,17H2,1-3H3. The normalized spacial score (nSPS) is 10.9. The number of unbranched alkanes of at least 4 members (excludes halogenated alkanes) is 1. The van der Waals surface area contributed by atoms with E-state index in [0.717, 1.165) is 35.4 Å². The van der Waals surface area contributed by atoms with Crippen molar-refractivity contribution in [3.63, 3.8) is 0 Å². The molecule has 0 radical (unpaired) electrons. The summed E-state index contributed by atoms with van der Waals surface area (Å²) in [4.78, 5) is 17.4. The molecule has 0 bridgehead atoms. The van der Waals surface area contributed by atoms with Crippen LogP contribution in [0.2, 0.25) is 0 Å². The van der Waals surface area contributed by atoms with Crippen molar-refractivity contribution in [1.29, 1.82) is 0 Å². The van der Waals surface area contributed by atoms with Gasteiger partial charge in [0, 0.05) is 7.05 Å². The van der Waals surface area contributed by atoms with Crippen molar-refractivity contribution in [2.45, 2.75) is 33.3 Å². The second kappa shape index (κ2) is 11.0. The SMILES string of the molecule is CCCCOC(=O)c1ccc(CON=Cc2c(C)nn(C)c2Oc2ccccc2)cc1. The minimum atomic E-state index is -0.308. The van der Waals surface area contributed by atoms with E-state index in [1.54, 1.807) is 23.0 Å². The first kappa shape index (κ1) is 22.1. The van der Waals surface area contributed by atoms with Crippen LogP contribution in [0.4, 0.5) is 0 Å². The van der Waals surface area contributed by atoms with Crippen LogP contribution in [0.5, 0.6) is 11.6 Å². The van der Waals surface area contributed by atoms with Crippen molar-refractivity contribution in [3.8, 4) is 11.6 Å². The van der Waals surface area contributed by atoms with Crippen molar-refractivity contribution in [1.82, 2.24) is 9.78 Å². The molecule has 0 saturated heterocycles. The number of ether oxygens (including phenoxy) is 2. The van der Waals surface area contributed by atoms with Crippen LogP contribution < -0.4 is 4.74 Å². The predicted molar refractivity (Wildman–Crippen MR) is 118 cm³/mol. The van der Waals surface area contributed by atoms with Crippen molar-refractivity contribution in [2.24, 2.45) is 12.2 Å². The van der Waals surface area contributed by atoms with E-state index >= 15 is 0 Å². The van der Waals surface area contributed by atoms with Gasteiger partial charge in [0.05, 0.1) is 29.6 Å². The zero-order valence-corrected chi connectivity index (χ0v) is 18.1. The van der Waals surface area contributed by atoms with Gasteiger partial charge in [-0.2, -0.15) is 5.10 Å². The molecule has 3 aromatic rings. The number of aryl methyl sites for hydroxylation is 2. The Bertz CT molecular complexity index is 1010. The van der Waals surface area contributed by atoms with Gasteiger partial charge in [-0.1, -0.05) is 48.8 Å². The highest BCUT2D eigenvalue weighted by atomic mass is 16.6. The molecule has 0 aliphatic heterocycles. The van der Waals surface area contributed by atoms with E-state index < -0.39 is 0 Å². The molecule has 0 unspecified atom stereocenters. The molecule has 0 saturated carbocycles. The number of hydrogen-bond acceptors (Lipinski definition) is 6. The molecule has 1 heterocycles. The highest BCUT2D eigenvalue weighted by Crippen LogP contribution is 2.25. The second-order valence-corrected chi connectivity index (χ2v) is 7.04. The lowest BCUT2D eigenvalue weighted by Crippen LogP contribution is -2.06. The van der Waals surface area contributed by atoms with Crippen LogP contribution in [0.25, 0.3) is 0 Å². The third kappa shape index (κ3) is 6.18. The molecule has 162 valence electrons. The fourth-order valence-electron chi connectivity index (χ4n) is 2.85. The summed E-state index contributed by atoms with van der Waals surface area (Å²) in [6, 6.07) is 16.6. The zero-order chi connectivity index (χ0) is 22.1. The molecule has 0 spiro atoms. The van der Waals surface area contributed by atoms with Crippen LogP contribution in [0.15, 0.2) is 59.8 Å². The monoisotopic (exact) mass is 421 g/mol. The average Bonchev–Trinajstić information content (AvgIpc) is 3.04. The number of aromatic nitrogens is 2. The maximum atomic E-state index is 11.9. The number of oxime groups is 1. The van der Waals surface area contributed by atoms with E-state index in [1.165, 1.54) is 0 Å². The van der Waals surface area contributed by atoms with Crippen molar-refractivity contribution in [2.75, 3.05) is 6.61 Å². The Balaban J connectivity index is 1.57. The van der Waals surface area contributed by atoms with Gasteiger partial charge in [-0.25, -0.2) is 9.48 Å². The lowest BCUT2D eigenvalue weighted by molar-refractivity contribution is 0.0499. The molecule has 0 amide bonds. The van der Waals surface area contributed by atoms with E-state index in [0.29, 0.717) is 18.1 Å². The molecule has 2 aromatic carbocycles. The predicted octanol–water partition coefficient (Wildman–Crippen LogP) is 5.03. The lowest BCUT2D eigenvalue weighted by atomic mass is 10.1. The van der Waals surface area contributed by atoms with E-state index in [4.69, 9.17) is 14.3 Å². The smallest absolute Gasteiger partial charge is 0.338 e. The van der Waals surface area contributed by atoms with E-state index in [2.05, 4.69) is 17.2 Å². The third-order valence-corrected chi connectivity index (χ3v) is 4.58. The molecule has 0 aliphatic carbocycles. The third-order valence-electron chi connectivity index (χ3n) is 4.58. The first-order chi connectivity index (χ1) is 15.1. The van der Waals surface area contributed by atoms with Crippen LogP contribution >= 0.6 is 0 Å². The molecule has 0 aliphatic rings. The van der Waals surface area contributed by atoms with Gasteiger partial charge in [0.15, 0.2) is 0 Å². The lowest BCUT2D eigenvalue weighted by Gasteiger charge is -2.06. The van der Waals surface area contributed by atoms with Gasteiger partial charge in [0.25, 0.3) is 0 Å². The summed E-state index contributed by atoms with van der Waals surface area (Å²) >= 11 is 0. The van der Waals surface area contributed by atoms with Gasteiger partial charge in [-0.05, 0) is 43.2 Å². The largest absolute Gasteiger partial charge is 0.462 e. The molecule has 31 heavy (non-hydrogen) atoms. The van der Waals surface area contributed by atoms with Gasteiger partial charge >= 0.3 is 5.97 Å². The average molecular weight is 421 g/mol. The summed E-state index contributed by atoms with van der Waals surface area (Å²) < 4.78 is 12.8. The van der Waals surface area contributed by atoms with E-state index in [1.807, 2.05) is 56.4 Å². The topological polar surface area (TPSA) is 74.9 Å². The molecular formula is C24H27N3O4. The first-order valence-electron chi connectivity index (χ1n) is 10.3. The van der Waals surface area contributed by atoms with Crippen molar-refractivity contribution < 1.29 is 19.1 Å². The number of hydrogen-bond donors (Lipinski definition) is 0. The Labute approximate surface area is 182 Å².